The SMILES string of the molecule is O=C1NC(=O)C(CC#Cc2ccccc2Cl)(S(=O)(=O)c2ccc(F)cc2)S1. The van der Waals surface area contributed by atoms with E-state index in [1.807, 2.05) is 5.32 Å². The molecule has 5 nitrogen and oxygen atoms in total. The summed E-state index contributed by atoms with van der Waals surface area (Å²) in [4.78, 5) is 23.9. The van der Waals surface area contributed by atoms with E-state index >= 15 is 0 Å². The van der Waals surface area contributed by atoms with E-state index in [1.54, 1.807) is 24.3 Å². The first-order chi connectivity index (χ1) is 12.8. The van der Waals surface area contributed by atoms with Crippen LogP contribution >= 0.6 is 23.4 Å². The zero-order chi connectivity index (χ0) is 19.7. The van der Waals surface area contributed by atoms with Crippen LogP contribution in [-0.4, -0.2) is 23.6 Å². The molecular weight excluding hydrogens is 413 g/mol. The van der Waals surface area contributed by atoms with Gasteiger partial charge in [0.05, 0.1) is 9.92 Å². The molecule has 1 fully saturated rings. The molecule has 1 aliphatic rings. The van der Waals surface area contributed by atoms with Gasteiger partial charge in [0.15, 0.2) is 0 Å². The lowest BCUT2D eigenvalue weighted by Crippen LogP contribution is -2.43. The Morgan fingerprint density at radius 3 is 2.37 bits per heavy atom. The van der Waals surface area contributed by atoms with Gasteiger partial charge in [-0.2, -0.15) is 0 Å². The molecule has 27 heavy (non-hydrogen) atoms. The third-order valence-corrected chi connectivity index (χ3v) is 8.07. The molecule has 1 N–H and O–H groups in total. The number of thioether (sulfide) groups is 1. The summed E-state index contributed by atoms with van der Waals surface area (Å²) in [5.41, 5.74) is 0.461. The number of imide groups is 1. The molecule has 2 amide bonds. The fourth-order valence-corrected chi connectivity index (χ4v) is 5.72. The number of benzene rings is 2. The van der Waals surface area contributed by atoms with E-state index < -0.39 is 37.3 Å². The van der Waals surface area contributed by atoms with Gasteiger partial charge in [0.25, 0.3) is 11.1 Å². The standard InChI is InChI=1S/C18H11ClFNO4S2/c19-15-6-2-1-4-12(15)5-3-11-18(16(22)21-17(23)26-18)27(24,25)14-9-7-13(20)8-10-14/h1-2,4,6-10H,11H2,(H,21,22,23). The molecule has 0 radical (unpaired) electrons. The summed E-state index contributed by atoms with van der Waals surface area (Å²) in [7, 11) is -4.34. The molecule has 0 aliphatic carbocycles. The minimum absolute atomic E-state index is 0.277. The van der Waals surface area contributed by atoms with Gasteiger partial charge in [-0.1, -0.05) is 35.6 Å². The summed E-state index contributed by atoms with van der Waals surface area (Å²) in [6.45, 7) is 0. The Balaban J connectivity index is 2.04. The van der Waals surface area contributed by atoms with E-state index in [4.69, 9.17) is 11.6 Å². The molecule has 3 rings (SSSR count). The molecule has 0 saturated carbocycles. The summed E-state index contributed by atoms with van der Waals surface area (Å²) in [5, 5.41) is 1.58. The predicted octanol–water partition coefficient (Wildman–Crippen LogP) is 3.37. The highest BCUT2D eigenvalue weighted by molar-refractivity contribution is 8.25. The third kappa shape index (κ3) is 3.58. The lowest BCUT2D eigenvalue weighted by molar-refractivity contribution is -0.119. The van der Waals surface area contributed by atoms with Crippen molar-refractivity contribution in [3.63, 3.8) is 0 Å². The van der Waals surface area contributed by atoms with Gasteiger partial charge < -0.3 is 0 Å². The van der Waals surface area contributed by atoms with E-state index in [9.17, 15) is 22.4 Å². The lowest BCUT2D eigenvalue weighted by atomic mass is 10.2. The van der Waals surface area contributed by atoms with Gasteiger partial charge in [0.2, 0.25) is 13.9 Å². The summed E-state index contributed by atoms with van der Waals surface area (Å²) in [5.74, 6) is 3.76. The van der Waals surface area contributed by atoms with E-state index in [1.165, 1.54) is 0 Å². The van der Waals surface area contributed by atoms with Crippen molar-refractivity contribution in [2.45, 2.75) is 15.4 Å². The first-order valence-electron chi connectivity index (χ1n) is 7.54. The van der Waals surface area contributed by atoms with Crippen LogP contribution in [0.3, 0.4) is 0 Å². The molecule has 138 valence electrons. The highest BCUT2D eigenvalue weighted by atomic mass is 35.5. The van der Waals surface area contributed by atoms with Crippen molar-refractivity contribution in [2.24, 2.45) is 0 Å². The van der Waals surface area contributed by atoms with Crippen molar-refractivity contribution in [3.8, 4) is 11.8 Å². The Labute approximate surface area is 164 Å². The molecule has 1 saturated heterocycles. The molecule has 2 aromatic carbocycles. The zero-order valence-electron chi connectivity index (χ0n) is 13.5. The summed E-state index contributed by atoms with van der Waals surface area (Å²) >= 11 is 6.36. The number of hydrogen-bond donors (Lipinski definition) is 1. The first kappa shape index (κ1) is 19.4. The second-order valence-electron chi connectivity index (χ2n) is 5.51. The monoisotopic (exact) mass is 423 g/mol. The highest BCUT2D eigenvalue weighted by Crippen LogP contribution is 2.43. The van der Waals surface area contributed by atoms with E-state index in [2.05, 4.69) is 11.8 Å². The Bertz CT molecular complexity index is 1090. The van der Waals surface area contributed by atoms with Crippen LogP contribution in [0.15, 0.2) is 53.4 Å². The zero-order valence-corrected chi connectivity index (χ0v) is 15.9. The number of carbonyl (C=O) groups is 2. The molecule has 1 unspecified atom stereocenters. The van der Waals surface area contributed by atoms with Crippen molar-refractivity contribution in [1.82, 2.24) is 5.32 Å². The second kappa shape index (κ2) is 7.35. The van der Waals surface area contributed by atoms with E-state index in [-0.39, 0.29) is 4.90 Å². The van der Waals surface area contributed by atoms with Crippen LogP contribution in [0, 0.1) is 17.7 Å². The maximum absolute atomic E-state index is 13.1. The molecule has 0 aromatic heterocycles. The van der Waals surface area contributed by atoms with Gasteiger partial charge in [-0.3, -0.25) is 14.9 Å². The van der Waals surface area contributed by atoms with Crippen molar-refractivity contribution >= 4 is 44.3 Å². The van der Waals surface area contributed by atoms with Gasteiger partial charge in [0, 0.05) is 12.0 Å². The molecule has 0 spiro atoms. The quantitative estimate of drug-likeness (QED) is 0.604. The smallest absolute Gasteiger partial charge is 0.285 e. The number of halogens is 2. The number of carbonyl (C=O) groups excluding carboxylic acids is 2. The van der Waals surface area contributed by atoms with Crippen LogP contribution in [0.5, 0.6) is 0 Å². The van der Waals surface area contributed by atoms with Crippen molar-refractivity contribution < 1.29 is 22.4 Å². The molecule has 1 aliphatic heterocycles. The summed E-state index contributed by atoms with van der Waals surface area (Å²) < 4.78 is 37.2. The molecule has 1 heterocycles. The Morgan fingerprint density at radius 1 is 1.11 bits per heavy atom. The van der Waals surface area contributed by atoms with Crippen LogP contribution in [-0.2, 0) is 14.6 Å². The van der Waals surface area contributed by atoms with Crippen molar-refractivity contribution in [1.29, 1.82) is 0 Å². The fourth-order valence-electron chi connectivity index (χ4n) is 2.42. The first-order valence-corrected chi connectivity index (χ1v) is 10.2. The average Bonchev–Trinajstić information content (AvgIpc) is 2.92. The van der Waals surface area contributed by atoms with Crippen LogP contribution in [0.2, 0.25) is 5.02 Å². The summed E-state index contributed by atoms with van der Waals surface area (Å²) in [6, 6.07) is 10.7. The topological polar surface area (TPSA) is 80.3 Å². The van der Waals surface area contributed by atoms with Crippen molar-refractivity contribution in [3.05, 3.63) is 64.9 Å². The number of sulfone groups is 1. The third-order valence-electron chi connectivity index (χ3n) is 3.80. The normalized spacial score (nSPS) is 19.3. The van der Waals surface area contributed by atoms with Gasteiger partial charge >= 0.3 is 0 Å². The minimum Gasteiger partial charge on any atom is -0.285 e. The maximum Gasteiger partial charge on any atom is 0.287 e. The van der Waals surface area contributed by atoms with Gasteiger partial charge in [-0.25, -0.2) is 12.8 Å². The van der Waals surface area contributed by atoms with Crippen LogP contribution in [0.25, 0.3) is 0 Å². The Morgan fingerprint density at radius 2 is 1.78 bits per heavy atom. The molecule has 0 bridgehead atoms. The molecule has 9 heteroatoms. The Hall–Kier alpha value is -2.34. The molecular formula is C18H11ClFNO4S2. The van der Waals surface area contributed by atoms with Gasteiger partial charge in [-0.15, -0.1) is 0 Å². The minimum atomic E-state index is -4.34. The van der Waals surface area contributed by atoms with Gasteiger partial charge in [-0.05, 0) is 48.2 Å². The number of nitrogens with one attached hydrogen (secondary N) is 1. The lowest BCUT2D eigenvalue weighted by Gasteiger charge is -2.22. The number of amides is 2. The summed E-state index contributed by atoms with van der Waals surface area (Å²) in [6.07, 6.45) is -0.444. The predicted molar refractivity (Wildman–Crippen MR) is 100 cm³/mol. The number of hydrogen-bond acceptors (Lipinski definition) is 5. The number of rotatable bonds is 3. The molecule has 1 atom stereocenters. The highest BCUT2D eigenvalue weighted by Gasteiger charge is 2.58. The van der Waals surface area contributed by atoms with Gasteiger partial charge in [0.1, 0.15) is 5.82 Å². The van der Waals surface area contributed by atoms with Crippen LogP contribution < -0.4 is 5.32 Å². The van der Waals surface area contributed by atoms with E-state index in [0.717, 1.165) is 24.3 Å². The molecule has 2 aromatic rings. The van der Waals surface area contributed by atoms with Crippen LogP contribution in [0.1, 0.15) is 12.0 Å². The van der Waals surface area contributed by atoms with Crippen LogP contribution in [0.4, 0.5) is 9.18 Å². The second-order valence-corrected chi connectivity index (χ2v) is 9.62. The Kier molecular flexibility index (Phi) is 5.29. The maximum atomic E-state index is 13.1. The largest absolute Gasteiger partial charge is 0.287 e. The van der Waals surface area contributed by atoms with Crippen molar-refractivity contribution in [2.75, 3.05) is 0 Å². The fraction of sp³-hybridized carbons (Fsp3) is 0.111. The van der Waals surface area contributed by atoms with E-state index in [0.29, 0.717) is 22.3 Å². The average molecular weight is 424 g/mol.